The highest BCUT2D eigenvalue weighted by molar-refractivity contribution is 7.88. The molecule has 2 unspecified atom stereocenters. The van der Waals surface area contributed by atoms with Crippen LogP contribution in [0.2, 0.25) is 0 Å². The molecule has 0 saturated carbocycles. The van der Waals surface area contributed by atoms with Crippen molar-refractivity contribution in [1.82, 2.24) is 9.21 Å². The van der Waals surface area contributed by atoms with Gasteiger partial charge in [0.1, 0.15) is 18.1 Å². The molecule has 1 saturated heterocycles. The van der Waals surface area contributed by atoms with Crippen LogP contribution in [0, 0.1) is 0 Å². The van der Waals surface area contributed by atoms with Crippen LogP contribution in [-0.2, 0) is 26.2 Å². The Morgan fingerprint density at radius 3 is 2.30 bits per heavy atom. The van der Waals surface area contributed by atoms with E-state index in [1.807, 2.05) is 4.90 Å². The Kier molecular flexibility index (Phi) is 7.80. The van der Waals surface area contributed by atoms with Crippen LogP contribution in [0.25, 0.3) is 0 Å². The predicted octanol–water partition coefficient (Wildman–Crippen LogP) is 3.06. The second kappa shape index (κ2) is 10.4. The fourth-order valence-corrected chi connectivity index (χ4v) is 4.61. The fraction of sp³-hybridized carbons (Fsp3) is 0.478. The first-order chi connectivity index (χ1) is 15.6. The zero-order chi connectivity index (χ0) is 24.2. The molecule has 0 radical (unpaired) electrons. The topological polar surface area (TPSA) is 106 Å². The van der Waals surface area contributed by atoms with Gasteiger partial charge in [-0.15, -0.1) is 0 Å². The summed E-state index contributed by atoms with van der Waals surface area (Å²) in [4.78, 5) is 26.7. The standard InChI is InChI=1S/C23H30N2O7S/c1-16-6-5-7-17(2)25(16)21(26)15-30-19-10-8-18(9-11-19)23(27)31-14-20-12-13-22(32-20)33(28,29)24(3)4/h8-13,16-17H,5-7,14-15H2,1-4H3. The lowest BCUT2D eigenvalue weighted by Crippen LogP contribution is -2.49. The third-order valence-electron chi connectivity index (χ3n) is 5.65. The van der Waals surface area contributed by atoms with Gasteiger partial charge in [-0.3, -0.25) is 4.79 Å². The van der Waals surface area contributed by atoms with Crippen molar-refractivity contribution in [1.29, 1.82) is 0 Å². The van der Waals surface area contributed by atoms with Crippen molar-refractivity contribution in [2.75, 3.05) is 20.7 Å². The van der Waals surface area contributed by atoms with Crippen LogP contribution in [0.1, 0.15) is 49.2 Å². The summed E-state index contributed by atoms with van der Waals surface area (Å²) >= 11 is 0. The molecule has 1 amide bonds. The number of piperidine rings is 1. The lowest BCUT2D eigenvalue weighted by Gasteiger charge is -2.38. The Bertz CT molecular complexity index is 1070. The van der Waals surface area contributed by atoms with E-state index in [-0.39, 0.29) is 42.1 Å². The minimum Gasteiger partial charge on any atom is -0.484 e. The van der Waals surface area contributed by atoms with E-state index in [0.29, 0.717) is 11.3 Å². The third kappa shape index (κ3) is 5.94. The lowest BCUT2D eigenvalue weighted by molar-refractivity contribution is -0.139. The second-order valence-corrected chi connectivity index (χ2v) is 10.4. The summed E-state index contributed by atoms with van der Waals surface area (Å²) < 4.78 is 41.2. The number of carbonyl (C=O) groups excluding carboxylic acids is 2. The van der Waals surface area contributed by atoms with Gasteiger partial charge < -0.3 is 18.8 Å². The van der Waals surface area contributed by atoms with Crippen LogP contribution in [0.3, 0.4) is 0 Å². The third-order valence-corrected chi connectivity index (χ3v) is 7.34. The van der Waals surface area contributed by atoms with Crippen molar-refractivity contribution in [3.05, 3.63) is 47.7 Å². The SMILES string of the molecule is CC1CCCC(C)N1C(=O)COc1ccc(C(=O)OCc2ccc(S(=O)(=O)N(C)C)o2)cc1. The summed E-state index contributed by atoms with van der Waals surface area (Å²) in [7, 11) is -0.895. The lowest BCUT2D eigenvalue weighted by atomic mass is 9.97. The number of hydrogen-bond acceptors (Lipinski definition) is 7. The summed E-state index contributed by atoms with van der Waals surface area (Å²) in [6, 6.07) is 9.45. The molecule has 1 aliphatic rings. The summed E-state index contributed by atoms with van der Waals surface area (Å²) in [5.41, 5.74) is 0.291. The summed E-state index contributed by atoms with van der Waals surface area (Å²) in [6.45, 7) is 3.84. The highest BCUT2D eigenvalue weighted by atomic mass is 32.2. The van der Waals surface area contributed by atoms with Gasteiger partial charge in [0, 0.05) is 26.2 Å². The number of furan rings is 1. The largest absolute Gasteiger partial charge is 0.484 e. The average molecular weight is 479 g/mol. The van der Waals surface area contributed by atoms with E-state index in [9.17, 15) is 18.0 Å². The molecule has 2 aromatic rings. The van der Waals surface area contributed by atoms with Crippen LogP contribution in [-0.4, -0.2) is 62.3 Å². The van der Waals surface area contributed by atoms with Gasteiger partial charge in [-0.05, 0) is 69.5 Å². The van der Waals surface area contributed by atoms with Crippen LogP contribution in [0.4, 0.5) is 0 Å². The maximum absolute atomic E-state index is 12.6. The number of benzene rings is 1. The number of sulfonamides is 1. The molecule has 2 atom stereocenters. The number of ether oxygens (including phenoxy) is 2. The second-order valence-electron chi connectivity index (χ2n) is 8.33. The molecular weight excluding hydrogens is 448 g/mol. The molecule has 1 fully saturated rings. The zero-order valence-corrected chi connectivity index (χ0v) is 20.1. The van der Waals surface area contributed by atoms with Crippen LogP contribution < -0.4 is 4.74 Å². The molecule has 3 rings (SSSR count). The van der Waals surface area contributed by atoms with E-state index >= 15 is 0 Å². The first-order valence-electron chi connectivity index (χ1n) is 10.8. The minimum atomic E-state index is -3.69. The minimum absolute atomic E-state index is 0.0488. The van der Waals surface area contributed by atoms with Gasteiger partial charge in [0.05, 0.1) is 5.56 Å². The zero-order valence-electron chi connectivity index (χ0n) is 19.3. The fourth-order valence-electron chi connectivity index (χ4n) is 3.79. The molecule has 0 bridgehead atoms. The molecule has 33 heavy (non-hydrogen) atoms. The van der Waals surface area contributed by atoms with Gasteiger partial charge in [0.25, 0.3) is 15.9 Å². The first kappa shape index (κ1) is 24.8. The van der Waals surface area contributed by atoms with Gasteiger partial charge in [-0.1, -0.05) is 0 Å². The van der Waals surface area contributed by atoms with E-state index in [2.05, 4.69) is 13.8 Å². The van der Waals surface area contributed by atoms with E-state index in [1.165, 1.54) is 26.2 Å². The molecule has 9 nitrogen and oxygen atoms in total. The molecule has 1 aliphatic heterocycles. The number of nitrogens with zero attached hydrogens (tertiary/aromatic N) is 2. The predicted molar refractivity (Wildman–Crippen MR) is 120 cm³/mol. The van der Waals surface area contributed by atoms with Gasteiger partial charge in [0.2, 0.25) is 5.09 Å². The highest BCUT2D eigenvalue weighted by Crippen LogP contribution is 2.23. The van der Waals surface area contributed by atoms with Crippen molar-refractivity contribution >= 4 is 21.9 Å². The monoisotopic (exact) mass is 478 g/mol. The van der Waals surface area contributed by atoms with E-state index in [0.717, 1.165) is 23.6 Å². The molecule has 0 spiro atoms. The first-order valence-corrected chi connectivity index (χ1v) is 12.3. The number of amides is 1. The molecular formula is C23H30N2O7S. The number of likely N-dealkylation sites (tertiary alicyclic amines) is 1. The van der Waals surface area contributed by atoms with Crippen LogP contribution >= 0.6 is 0 Å². The maximum Gasteiger partial charge on any atom is 0.338 e. The Balaban J connectivity index is 1.51. The van der Waals surface area contributed by atoms with E-state index in [4.69, 9.17) is 13.9 Å². The van der Waals surface area contributed by atoms with Crippen molar-refractivity contribution in [3.63, 3.8) is 0 Å². The Morgan fingerprint density at radius 2 is 1.70 bits per heavy atom. The summed E-state index contributed by atoms with van der Waals surface area (Å²) in [5, 5.41) is -0.220. The van der Waals surface area contributed by atoms with Crippen molar-refractivity contribution < 1.29 is 31.9 Å². The number of esters is 1. The van der Waals surface area contributed by atoms with Crippen molar-refractivity contribution in [3.8, 4) is 5.75 Å². The van der Waals surface area contributed by atoms with Gasteiger partial charge in [-0.25, -0.2) is 17.5 Å². The van der Waals surface area contributed by atoms with Crippen LogP contribution in [0.15, 0.2) is 45.9 Å². The number of hydrogen-bond donors (Lipinski definition) is 0. The normalized spacial score (nSPS) is 18.9. The van der Waals surface area contributed by atoms with E-state index in [1.54, 1.807) is 24.3 Å². The summed E-state index contributed by atoms with van der Waals surface area (Å²) in [5.74, 6) is 0.0412. The maximum atomic E-state index is 12.6. The molecule has 0 aliphatic carbocycles. The Hall–Kier alpha value is -2.85. The molecule has 2 heterocycles. The Morgan fingerprint density at radius 1 is 1.06 bits per heavy atom. The number of carbonyl (C=O) groups is 2. The average Bonchev–Trinajstić information content (AvgIpc) is 3.26. The molecule has 180 valence electrons. The Labute approximate surface area is 194 Å². The van der Waals surface area contributed by atoms with Crippen molar-refractivity contribution in [2.24, 2.45) is 0 Å². The summed E-state index contributed by atoms with van der Waals surface area (Å²) in [6.07, 6.45) is 3.12. The molecule has 10 heteroatoms. The highest BCUT2D eigenvalue weighted by Gasteiger charge is 2.29. The molecule has 1 aromatic carbocycles. The van der Waals surface area contributed by atoms with Gasteiger partial charge in [0.15, 0.2) is 6.61 Å². The van der Waals surface area contributed by atoms with E-state index < -0.39 is 16.0 Å². The smallest absolute Gasteiger partial charge is 0.338 e. The quantitative estimate of drug-likeness (QED) is 0.537. The van der Waals surface area contributed by atoms with Gasteiger partial charge >= 0.3 is 5.97 Å². The molecule has 0 N–H and O–H groups in total. The van der Waals surface area contributed by atoms with Crippen LogP contribution in [0.5, 0.6) is 5.75 Å². The van der Waals surface area contributed by atoms with Crippen molar-refractivity contribution in [2.45, 2.75) is 56.9 Å². The number of rotatable bonds is 8. The molecule has 1 aromatic heterocycles. The van der Waals surface area contributed by atoms with Gasteiger partial charge in [-0.2, -0.15) is 0 Å².